The molecular formula is C24H23N3O3S2. The number of aromatic nitrogens is 1. The van der Waals surface area contributed by atoms with Gasteiger partial charge in [0, 0.05) is 24.4 Å². The maximum absolute atomic E-state index is 12.9. The molecule has 0 bridgehead atoms. The summed E-state index contributed by atoms with van der Waals surface area (Å²) in [6.07, 6.45) is 0.982. The second-order valence-corrected chi connectivity index (χ2v) is 11.1. The van der Waals surface area contributed by atoms with Gasteiger partial charge in [0.1, 0.15) is 0 Å². The van der Waals surface area contributed by atoms with E-state index in [1.54, 1.807) is 24.3 Å². The van der Waals surface area contributed by atoms with E-state index in [1.165, 1.54) is 15.6 Å². The summed E-state index contributed by atoms with van der Waals surface area (Å²) in [5.41, 5.74) is 1.88. The van der Waals surface area contributed by atoms with E-state index < -0.39 is 10.0 Å². The van der Waals surface area contributed by atoms with Crippen molar-refractivity contribution in [3.8, 4) is 0 Å². The van der Waals surface area contributed by atoms with Crippen molar-refractivity contribution in [2.75, 3.05) is 18.4 Å². The maximum Gasteiger partial charge on any atom is 0.243 e. The van der Waals surface area contributed by atoms with Crippen LogP contribution in [0.2, 0.25) is 0 Å². The summed E-state index contributed by atoms with van der Waals surface area (Å²) in [7, 11) is -3.53. The molecule has 0 aliphatic carbocycles. The van der Waals surface area contributed by atoms with Gasteiger partial charge in [-0.3, -0.25) is 4.79 Å². The lowest BCUT2D eigenvalue weighted by Gasteiger charge is -2.30. The first-order chi connectivity index (χ1) is 15.4. The quantitative estimate of drug-likeness (QED) is 0.470. The monoisotopic (exact) mass is 465 g/mol. The Morgan fingerprint density at radius 1 is 1.03 bits per heavy atom. The summed E-state index contributed by atoms with van der Waals surface area (Å²) < 4.78 is 28.3. The van der Waals surface area contributed by atoms with Gasteiger partial charge in [0.05, 0.1) is 15.1 Å². The third-order valence-electron chi connectivity index (χ3n) is 5.99. The van der Waals surface area contributed by atoms with E-state index >= 15 is 0 Å². The molecule has 8 heteroatoms. The number of hydrogen-bond acceptors (Lipinski definition) is 5. The Balaban J connectivity index is 1.27. The summed E-state index contributed by atoms with van der Waals surface area (Å²) >= 11 is 1.47. The van der Waals surface area contributed by atoms with Crippen LogP contribution in [0.3, 0.4) is 0 Å². The number of carbonyl (C=O) groups is 1. The van der Waals surface area contributed by atoms with E-state index in [0.717, 1.165) is 26.6 Å². The van der Waals surface area contributed by atoms with E-state index in [4.69, 9.17) is 0 Å². The minimum atomic E-state index is -3.53. The highest BCUT2D eigenvalue weighted by Gasteiger charge is 2.32. The van der Waals surface area contributed by atoms with Gasteiger partial charge in [-0.2, -0.15) is 4.31 Å². The highest BCUT2D eigenvalue weighted by Crippen LogP contribution is 2.33. The average Bonchev–Trinajstić information content (AvgIpc) is 3.22. The second kappa shape index (κ2) is 8.27. The first-order valence-corrected chi connectivity index (χ1v) is 12.8. The fourth-order valence-corrected chi connectivity index (χ4v) is 6.61. The number of hydrogen-bond donors (Lipinski definition) is 1. The molecular weight excluding hydrogens is 442 g/mol. The average molecular weight is 466 g/mol. The molecule has 5 rings (SSSR count). The molecule has 4 aromatic rings. The minimum Gasteiger partial charge on any atom is -0.302 e. The molecule has 164 valence electrons. The van der Waals surface area contributed by atoms with Crippen LogP contribution in [0.1, 0.15) is 18.4 Å². The van der Waals surface area contributed by atoms with Crippen molar-refractivity contribution in [3.05, 3.63) is 66.2 Å². The third-order valence-corrected chi connectivity index (χ3v) is 8.93. The Kier molecular flexibility index (Phi) is 5.44. The van der Waals surface area contributed by atoms with Crippen LogP contribution >= 0.6 is 11.3 Å². The van der Waals surface area contributed by atoms with Gasteiger partial charge in [0.2, 0.25) is 15.9 Å². The van der Waals surface area contributed by atoms with Gasteiger partial charge in [0.25, 0.3) is 0 Å². The lowest BCUT2D eigenvalue weighted by Crippen LogP contribution is -2.41. The van der Waals surface area contributed by atoms with Gasteiger partial charge >= 0.3 is 0 Å². The predicted octanol–water partition coefficient (Wildman–Crippen LogP) is 4.80. The lowest BCUT2D eigenvalue weighted by molar-refractivity contribution is -0.120. The van der Waals surface area contributed by atoms with Gasteiger partial charge < -0.3 is 5.32 Å². The summed E-state index contributed by atoms with van der Waals surface area (Å²) in [6.45, 7) is 2.59. The molecule has 1 saturated heterocycles. The van der Waals surface area contributed by atoms with Crippen LogP contribution in [0.5, 0.6) is 0 Å². The molecule has 6 nitrogen and oxygen atoms in total. The Labute approximate surface area is 190 Å². The molecule has 1 aliphatic heterocycles. The molecule has 1 amide bonds. The van der Waals surface area contributed by atoms with Crippen LogP contribution in [0.15, 0.2) is 65.6 Å². The number of benzene rings is 3. The molecule has 3 aromatic carbocycles. The number of sulfonamides is 1. The normalized spacial score (nSPS) is 15.9. The number of fused-ring (bicyclic) bond motifs is 3. The number of nitrogens with zero attached hydrogens (tertiary/aromatic N) is 2. The first kappa shape index (κ1) is 21.1. The topological polar surface area (TPSA) is 79.4 Å². The highest BCUT2D eigenvalue weighted by atomic mass is 32.2. The Morgan fingerprint density at radius 3 is 2.50 bits per heavy atom. The summed E-state index contributed by atoms with van der Waals surface area (Å²) in [5.74, 6) is -0.330. The molecule has 0 atom stereocenters. The molecule has 32 heavy (non-hydrogen) atoms. The van der Waals surface area contributed by atoms with Crippen molar-refractivity contribution in [1.82, 2.24) is 9.29 Å². The summed E-state index contributed by atoms with van der Waals surface area (Å²) in [4.78, 5) is 17.7. The predicted molar refractivity (Wildman–Crippen MR) is 128 cm³/mol. The van der Waals surface area contributed by atoms with E-state index in [9.17, 15) is 13.2 Å². The number of aryl methyl sites for hydroxylation is 1. The molecule has 0 unspecified atom stereocenters. The van der Waals surface area contributed by atoms with Gasteiger partial charge in [-0.25, -0.2) is 13.4 Å². The largest absolute Gasteiger partial charge is 0.302 e. The van der Waals surface area contributed by atoms with Crippen LogP contribution in [-0.4, -0.2) is 36.7 Å². The first-order valence-electron chi connectivity index (χ1n) is 10.6. The van der Waals surface area contributed by atoms with Crippen molar-refractivity contribution in [2.45, 2.75) is 24.7 Å². The molecule has 1 N–H and O–H groups in total. The number of carbonyl (C=O) groups excluding carboxylic acids is 1. The molecule has 1 fully saturated rings. The van der Waals surface area contributed by atoms with Crippen molar-refractivity contribution < 1.29 is 13.2 Å². The zero-order valence-electron chi connectivity index (χ0n) is 17.6. The zero-order valence-corrected chi connectivity index (χ0v) is 19.2. The van der Waals surface area contributed by atoms with E-state index in [2.05, 4.69) is 22.4 Å². The van der Waals surface area contributed by atoms with Crippen LogP contribution in [-0.2, 0) is 14.8 Å². The molecule has 0 radical (unpaired) electrons. The van der Waals surface area contributed by atoms with Crippen LogP contribution < -0.4 is 5.32 Å². The Hall–Kier alpha value is -2.81. The number of anilines is 1. The van der Waals surface area contributed by atoms with E-state index in [0.29, 0.717) is 36.0 Å². The SMILES string of the molecule is Cc1ccc(S(=O)(=O)N2CCC(C(=O)Nc3nc4ccc5ccccc5c4s3)CC2)cc1. The van der Waals surface area contributed by atoms with Crippen molar-refractivity contribution in [3.63, 3.8) is 0 Å². The maximum atomic E-state index is 12.9. The second-order valence-electron chi connectivity index (χ2n) is 8.13. The fraction of sp³-hybridized carbons (Fsp3) is 0.250. The van der Waals surface area contributed by atoms with Crippen LogP contribution in [0.25, 0.3) is 21.0 Å². The highest BCUT2D eigenvalue weighted by molar-refractivity contribution is 7.89. The van der Waals surface area contributed by atoms with E-state index in [1.807, 2.05) is 31.2 Å². The summed E-state index contributed by atoms with van der Waals surface area (Å²) in [6, 6.07) is 19.0. The Morgan fingerprint density at radius 2 is 1.75 bits per heavy atom. The summed E-state index contributed by atoms with van der Waals surface area (Å²) in [5, 5.41) is 5.80. The van der Waals surface area contributed by atoms with Gasteiger partial charge in [-0.1, -0.05) is 59.4 Å². The number of nitrogens with one attached hydrogen (secondary N) is 1. The number of rotatable bonds is 4. The van der Waals surface area contributed by atoms with Crippen molar-refractivity contribution in [1.29, 1.82) is 0 Å². The van der Waals surface area contributed by atoms with Gasteiger partial charge in [-0.05, 0) is 43.4 Å². The van der Waals surface area contributed by atoms with Crippen LogP contribution in [0.4, 0.5) is 5.13 Å². The molecule has 0 saturated carbocycles. The number of piperidine rings is 1. The molecule has 0 spiro atoms. The molecule has 2 heterocycles. The molecule has 1 aliphatic rings. The van der Waals surface area contributed by atoms with Gasteiger partial charge in [-0.15, -0.1) is 0 Å². The standard InChI is InChI=1S/C24H23N3O3S2/c1-16-6-9-19(10-7-16)32(29,30)27-14-12-18(13-15-27)23(28)26-24-25-21-11-8-17-4-2-3-5-20(17)22(21)31-24/h2-11,18H,12-15H2,1H3,(H,25,26,28). The fourth-order valence-electron chi connectivity index (χ4n) is 4.13. The Bertz CT molecular complexity index is 1400. The zero-order chi connectivity index (χ0) is 22.3. The van der Waals surface area contributed by atoms with Crippen LogP contribution in [0, 0.1) is 12.8 Å². The van der Waals surface area contributed by atoms with Gasteiger partial charge in [0.15, 0.2) is 5.13 Å². The number of amides is 1. The van der Waals surface area contributed by atoms with Crippen molar-refractivity contribution >= 4 is 53.4 Å². The number of thiazole rings is 1. The van der Waals surface area contributed by atoms with Crippen molar-refractivity contribution in [2.24, 2.45) is 5.92 Å². The molecule has 1 aromatic heterocycles. The van der Waals surface area contributed by atoms with E-state index in [-0.39, 0.29) is 11.8 Å². The minimum absolute atomic E-state index is 0.0965. The lowest BCUT2D eigenvalue weighted by atomic mass is 9.97. The third kappa shape index (κ3) is 3.90. The smallest absolute Gasteiger partial charge is 0.243 e.